The van der Waals surface area contributed by atoms with Crippen molar-refractivity contribution in [3.63, 3.8) is 0 Å². The van der Waals surface area contributed by atoms with E-state index in [4.69, 9.17) is 4.74 Å². The Morgan fingerprint density at radius 2 is 2.21 bits per heavy atom. The number of amides is 1. The van der Waals surface area contributed by atoms with Crippen molar-refractivity contribution >= 4 is 5.91 Å². The summed E-state index contributed by atoms with van der Waals surface area (Å²) in [7, 11) is 0. The Balaban J connectivity index is 1.56. The van der Waals surface area contributed by atoms with Crippen LogP contribution in [0.2, 0.25) is 0 Å². The number of nitrogens with one attached hydrogen (secondary N) is 2. The van der Waals surface area contributed by atoms with Gasteiger partial charge in [0.1, 0.15) is 6.10 Å². The van der Waals surface area contributed by atoms with Crippen molar-refractivity contribution in [1.29, 1.82) is 0 Å². The van der Waals surface area contributed by atoms with Gasteiger partial charge in [0.25, 0.3) is 5.91 Å². The first-order valence-corrected chi connectivity index (χ1v) is 9.11. The van der Waals surface area contributed by atoms with Crippen molar-refractivity contribution in [2.75, 3.05) is 32.8 Å². The van der Waals surface area contributed by atoms with Crippen LogP contribution >= 0.6 is 0 Å². The summed E-state index contributed by atoms with van der Waals surface area (Å²) in [6, 6.07) is 8.42. The Labute approximate surface area is 144 Å². The summed E-state index contributed by atoms with van der Waals surface area (Å²) in [5, 5.41) is 6.22. The van der Waals surface area contributed by atoms with Crippen LogP contribution in [0.3, 0.4) is 0 Å². The second-order valence-electron chi connectivity index (χ2n) is 7.03. The Hall–Kier alpha value is -1.43. The van der Waals surface area contributed by atoms with E-state index in [0.717, 1.165) is 19.0 Å². The second kappa shape index (κ2) is 8.60. The molecule has 2 unspecified atom stereocenters. The molecule has 1 aromatic rings. The highest BCUT2D eigenvalue weighted by molar-refractivity contribution is 5.81. The van der Waals surface area contributed by atoms with Gasteiger partial charge in [-0.15, -0.1) is 0 Å². The highest BCUT2D eigenvalue weighted by atomic mass is 16.5. The number of morpholine rings is 1. The Bertz CT molecular complexity index is 543. The molecule has 2 atom stereocenters. The summed E-state index contributed by atoms with van der Waals surface area (Å²) >= 11 is 0. The molecule has 0 saturated carbocycles. The molecule has 2 aliphatic rings. The molecule has 2 aliphatic heterocycles. The molecule has 2 fully saturated rings. The zero-order valence-electron chi connectivity index (χ0n) is 14.6. The van der Waals surface area contributed by atoms with E-state index < -0.39 is 0 Å². The number of nitrogens with zero attached hydrogens (tertiary/aromatic N) is 1. The molecule has 132 valence electrons. The average molecular weight is 331 g/mol. The number of hydrogen-bond donors (Lipinski definition) is 2. The summed E-state index contributed by atoms with van der Waals surface area (Å²) in [4.78, 5) is 14.8. The van der Waals surface area contributed by atoms with Crippen LogP contribution < -0.4 is 10.6 Å². The summed E-state index contributed by atoms with van der Waals surface area (Å²) in [5.74, 6) is 0.755. The van der Waals surface area contributed by atoms with Gasteiger partial charge in [-0.1, -0.05) is 31.2 Å². The topological polar surface area (TPSA) is 53.6 Å². The largest absolute Gasteiger partial charge is 0.366 e. The van der Waals surface area contributed by atoms with Gasteiger partial charge in [0.2, 0.25) is 0 Å². The lowest BCUT2D eigenvalue weighted by molar-refractivity contribution is -0.134. The van der Waals surface area contributed by atoms with Gasteiger partial charge < -0.3 is 15.4 Å². The van der Waals surface area contributed by atoms with Crippen LogP contribution in [-0.4, -0.2) is 49.7 Å². The number of rotatable bonds is 5. The van der Waals surface area contributed by atoms with Crippen molar-refractivity contribution in [3.8, 4) is 0 Å². The minimum Gasteiger partial charge on any atom is -0.366 e. The van der Waals surface area contributed by atoms with Gasteiger partial charge in [0.15, 0.2) is 0 Å². The number of carbonyl (C=O) groups excluding carboxylic acids is 1. The highest BCUT2D eigenvalue weighted by Crippen LogP contribution is 2.19. The Morgan fingerprint density at radius 1 is 1.38 bits per heavy atom. The van der Waals surface area contributed by atoms with Gasteiger partial charge in [-0.2, -0.15) is 0 Å². The van der Waals surface area contributed by atoms with Crippen LogP contribution in [0.4, 0.5) is 0 Å². The standard InChI is InChI=1S/C19H29N3O2/c1-15-5-4-9-22(13-15)14-17-7-3-2-6-16(17)11-21-19(23)18-12-20-8-10-24-18/h2-3,6-7,15,18,20H,4-5,8-14H2,1H3,(H,21,23). The van der Waals surface area contributed by atoms with Crippen LogP contribution in [0.5, 0.6) is 0 Å². The predicted octanol–water partition coefficient (Wildman–Crippen LogP) is 1.52. The predicted molar refractivity (Wildman–Crippen MR) is 94.6 cm³/mol. The molecule has 0 spiro atoms. The van der Waals surface area contributed by atoms with E-state index in [2.05, 4.69) is 40.7 Å². The van der Waals surface area contributed by atoms with Crippen molar-refractivity contribution in [1.82, 2.24) is 15.5 Å². The van der Waals surface area contributed by atoms with Gasteiger partial charge in [-0.25, -0.2) is 0 Å². The van der Waals surface area contributed by atoms with Crippen LogP contribution in [0.1, 0.15) is 30.9 Å². The molecular formula is C19H29N3O2. The van der Waals surface area contributed by atoms with Crippen LogP contribution in [0, 0.1) is 5.92 Å². The Morgan fingerprint density at radius 3 is 2.96 bits per heavy atom. The quantitative estimate of drug-likeness (QED) is 0.859. The zero-order valence-corrected chi connectivity index (χ0v) is 14.6. The maximum atomic E-state index is 12.2. The maximum Gasteiger partial charge on any atom is 0.250 e. The van der Waals surface area contributed by atoms with Gasteiger partial charge in [-0.05, 0) is 36.4 Å². The number of carbonyl (C=O) groups is 1. The van der Waals surface area contributed by atoms with E-state index >= 15 is 0 Å². The molecule has 5 heteroatoms. The fourth-order valence-corrected chi connectivity index (χ4v) is 3.59. The van der Waals surface area contributed by atoms with E-state index in [9.17, 15) is 4.79 Å². The van der Waals surface area contributed by atoms with Gasteiger partial charge in [0, 0.05) is 32.7 Å². The minimum atomic E-state index is -0.367. The lowest BCUT2D eigenvalue weighted by Crippen LogP contribution is -2.47. The van der Waals surface area contributed by atoms with E-state index in [-0.39, 0.29) is 12.0 Å². The number of likely N-dealkylation sites (tertiary alicyclic amines) is 1. The monoisotopic (exact) mass is 331 g/mol. The number of piperidine rings is 1. The van der Waals surface area contributed by atoms with Crippen molar-refractivity contribution < 1.29 is 9.53 Å². The molecule has 1 aromatic carbocycles. The molecule has 3 rings (SSSR count). The van der Waals surface area contributed by atoms with Crippen molar-refractivity contribution in [2.45, 2.75) is 39.0 Å². The van der Waals surface area contributed by atoms with Crippen molar-refractivity contribution in [3.05, 3.63) is 35.4 Å². The first-order chi connectivity index (χ1) is 11.7. The molecule has 2 N–H and O–H groups in total. The lowest BCUT2D eigenvalue weighted by atomic mass is 9.99. The second-order valence-corrected chi connectivity index (χ2v) is 7.03. The summed E-state index contributed by atoms with van der Waals surface area (Å²) < 4.78 is 5.51. The minimum absolute atomic E-state index is 0.0244. The molecule has 1 amide bonds. The summed E-state index contributed by atoms with van der Waals surface area (Å²) in [6.07, 6.45) is 2.25. The maximum absolute atomic E-state index is 12.2. The highest BCUT2D eigenvalue weighted by Gasteiger charge is 2.22. The smallest absolute Gasteiger partial charge is 0.250 e. The fraction of sp³-hybridized carbons (Fsp3) is 0.632. The van der Waals surface area contributed by atoms with E-state index in [0.29, 0.717) is 19.7 Å². The van der Waals surface area contributed by atoms with Crippen LogP contribution in [0.25, 0.3) is 0 Å². The average Bonchev–Trinajstić information content (AvgIpc) is 2.61. The molecule has 0 bridgehead atoms. The third-order valence-corrected chi connectivity index (χ3v) is 4.93. The summed E-state index contributed by atoms with van der Waals surface area (Å²) in [6.45, 7) is 8.23. The zero-order chi connectivity index (χ0) is 16.8. The molecule has 0 aromatic heterocycles. The number of hydrogen-bond acceptors (Lipinski definition) is 4. The third kappa shape index (κ3) is 4.79. The molecular weight excluding hydrogens is 302 g/mol. The third-order valence-electron chi connectivity index (χ3n) is 4.93. The van der Waals surface area contributed by atoms with Crippen LogP contribution in [0.15, 0.2) is 24.3 Å². The summed E-state index contributed by atoms with van der Waals surface area (Å²) in [5.41, 5.74) is 2.52. The van der Waals surface area contributed by atoms with Crippen molar-refractivity contribution in [2.24, 2.45) is 5.92 Å². The first-order valence-electron chi connectivity index (χ1n) is 9.11. The molecule has 5 nitrogen and oxygen atoms in total. The fourth-order valence-electron chi connectivity index (χ4n) is 3.59. The van der Waals surface area contributed by atoms with Gasteiger partial charge in [0.05, 0.1) is 6.61 Å². The molecule has 2 saturated heterocycles. The van der Waals surface area contributed by atoms with E-state index in [1.807, 2.05) is 6.07 Å². The molecule has 0 aliphatic carbocycles. The van der Waals surface area contributed by atoms with E-state index in [1.165, 1.54) is 37.1 Å². The number of benzene rings is 1. The lowest BCUT2D eigenvalue weighted by Gasteiger charge is -2.31. The molecule has 0 radical (unpaired) electrons. The number of ether oxygens (including phenoxy) is 1. The normalized spacial score (nSPS) is 25.4. The van der Waals surface area contributed by atoms with Gasteiger partial charge >= 0.3 is 0 Å². The molecule has 24 heavy (non-hydrogen) atoms. The Kier molecular flexibility index (Phi) is 6.24. The van der Waals surface area contributed by atoms with Gasteiger partial charge in [-0.3, -0.25) is 9.69 Å². The first kappa shape index (κ1) is 17.4. The van der Waals surface area contributed by atoms with Crippen LogP contribution in [-0.2, 0) is 22.6 Å². The SMILES string of the molecule is CC1CCCN(Cc2ccccc2CNC(=O)C2CNCCO2)C1. The molecule has 2 heterocycles. The van der Waals surface area contributed by atoms with E-state index in [1.54, 1.807) is 0 Å².